The second-order valence-electron chi connectivity index (χ2n) is 8.25. The fraction of sp³-hybridized carbons (Fsp3) is 0.333. The predicted molar refractivity (Wildman–Crippen MR) is 131 cm³/mol. The first-order valence-electron chi connectivity index (χ1n) is 11.2. The molecule has 10 heteroatoms. The molecule has 0 bridgehead atoms. The van der Waals surface area contributed by atoms with Crippen LogP contribution in [-0.4, -0.2) is 49.8 Å². The molecule has 0 spiro atoms. The number of pyridine rings is 1. The van der Waals surface area contributed by atoms with Crippen molar-refractivity contribution in [3.05, 3.63) is 65.6 Å². The lowest BCUT2D eigenvalue weighted by Crippen LogP contribution is -2.45. The van der Waals surface area contributed by atoms with Crippen LogP contribution in [0.1, 0.15) is 19.3 Å². The van der Waals surface area contributed by atoms with Crippen LogP contribution < -0.4 is 10.6 Å². The summed E-state index contributed by atoms with van der Waals surface area (Å²) in [6.07, 6.45) is 3.65. The summed E-state index contributed by atoms with van der Waals surface area (Å²) in [5.41, 5.74) is 1.75. The highest BCUT2D eigenvalue weighted by molar-refractivity contribution is 7.89. The molecule has 1 saturated heterocycles. The Morgan fingerprint density at radius 1 is 1.15 bits per heavy atom. The van der Waals surface area contributed by atoms with Gasteiger partial charge in [-0.05, 0) is 67.8 Å². The molecular formula is C24H26ClFN4O3S. The first-order valence-corrected chi connectivity index (χ1v) is 13.0. The van der Waals surface area contributed by atoms with Gasteiger partial charge in [0, 0.05) is 48.5 Å². The maximum atomic E-state index is 13.2. The highest BCUT2D eigenvalue weighted by Crippen LogP contribution is 2.25. The summed E-state index contributed by atoms with van der Waals surface area (Å²) in [6, 6.07) is 12.2. The van der Waals surface area contributed by atoms with E-state index in [2.05, 4.69) is 15.6 Å². The van der Waals surface area contributed by atoms with Gasteiger partial charge in [-0.2, -0.15) is 4.31 Å². The van der Waals surface area contributed by atoms with E-state index in [1.807, 2.05) is 24.3 Å². The van der Waals surface area contributed by atoms with E-state index >= 15 is 0 Å². The number of sulfonamides is 1. The van der Waals surface area contributed by atoms with Crippen LogP contribution in [0.3, 0.4) is 0 Å². The molecule has 1 unspecified atom stereocenters. The molecule has 0 saturated carbocycles. The molecule has 4 rings (SSSR count). The SMILES string of the molecule is O=C(NCCCNc1ccnc2cc(Cl)ccc12)C1CCCN(S(=O)(=O)c2ccc(F)cc2)C1. The van der Waals surface area contributed by atoms with Crippen LogP contribution in [0.15, 0.2) is 59.6 Å². The third kappa shape index (κ3) is 5.65. The van der Waals surface area contributed by atoms with Crippen molar-refractivity contribution in [3.8, 4) is 0 Å². The van der Waals surface area contributed by atoms with Gasteiger partial charge in [0.1, 0.15) is 5.82 Å². The Morgan fingerprint density at radius 2 is 1.94 bits per heavy atom. The second-order valence-corrected chi connectivity index (χ2v) is 10.6. The van der Waals surface area contributed by atoms with Crippen molar-refractivity contribution in [1.82, 2.24) is 14.6 Å². The molecule has 1 amide bonds. The first kappa shape index (κ1) is 24.4. The highest BCUT2D eigenvalue weighted by Gasteiger charge is 2.33. The van der Waals surface area contributed by atoms with Crippen LogP contribution in [0.2, 0.25) is 5.02 Å². The lowest BCUT2D eigenvalue weighted by molar-refractivity contribution is -0.126. The van der Waals surface area contributed by atoms with Gasteiger partial charge in [-0.15, -0.1) is 0 Å². The van der Waals surface area contributed by atoms with Crippen LogP contribution in [0.4, 0.5) is 10.1 Å². The quantitative estimate of drug-likeness (QED) is 0.452. The van der Waals surface area contributed by atoms with Gasteiger partial charge in [0.15, 0.2) is 0 Å². The number of carbonyl (C=O) groups excluding carboxylic acids is 1. The van der Waals surface area contributed by atoms with Gasteiger partial charge in [0.2, 0.25) is 15.9 Å². The number of carbonyl (C=O) groups is 1. The minimum Gasteiger partial charge on any atom is -0.384 e. The average Bonchev–Trinajstić information content (AvgIpc) is 2.84. The van der Waals surface area contributed by atoms with Gasteiger partial charge in [-0.25, -0.2) is 12.8 Å². The van der Waals surface area contributed by atoms with E-state index < -0.39 is 21.8 Å². The molecule has 1 fully saturated rings. The summed E-state index contributed by atoms with van der Waals surface area (Å²) in [5, 5.41) is 7.89. The van der Waals surface area contributed by atoms with Crippen LogP contribution in [0.5, 0.6) is 0 Å². The van der Waals surface area contributed by atoms with E-state index in [1.54, 1.807) is 6.20 Å². The van der Waals surface area contributed by atoms with Gasteiger partial charge < -0.3 is 10.6 Å². The van der Waals surface area contributed by atoms with Gasteiger partial charge in [0.25, 0.3) is 0 Å². The zero-order valence-electron chi connectivity index (χ0n) is 18.5. The fourth-order valence-electron chi connectivity index (χ4n) is 4.07. The van der Waals surface area contributed by atoms with Gasteiger partial charge >= 0.3 is 0 Å². The van der Waals surface area contributed by atoms with Crippen LogP contribution in [0.25, 0.3) is 10.9 Å². The summed E-state index contributed by atoms with van der Waals surface area (Å²) in [7, 11) is -3.76. The van der Waals surface area contributed by atoms with Crippen molar-refractivity contribution in [2.45, 2.75) is 24.2 Å². The Kier molecular flexibility index (Phi) is 7.65. The number of anilines is 1. The molecule has 1 atom stereocenters. The number of hydrogen-bond donors (Lipinski definition) is 2. The largest absolute Gasteiger partial charge is 0.384 e. The van der Waals surface area contributed by atoms with Crippen molar-refractivity contribution >= 4 is 44.1 Å². The number of hydrogen-bond acceptors (Lipinski definition) is 5. The Morgan fingerprint density at radius 3 is 2.74 bits per heavy atom. The lowest BCUT2D eigenvalue weighted by Gasteiger charge is -2.31. The summed E-state index contributed by atoms with van der Waals surface area (Å²) < 4.78 is 40.2. The van der Waals surface area contributed by atoms with E-state index in [0.717, 1.165) is 28.7 Å². The summed E-state index contributed by atoms with van der Waals surface area (Å²) in [6.45, 7) is 1.59. The molecule has 180 valence electrons. The molecule has 2 heterocycles. The van der Waals surface area contributed by atoms with Crippen LogP contribution in [-0.2, 0) is 14.8 Å². The average molecular weight is 505 g/mol. The molecule has 0 aliphatic carbocycles. The third-order valence-electron chi connectivity index (χ3n) is 5.88. The number of nitrogens with one attached hydrogen (secondary N) is 2. The van der Waals surface area contributed by atoms with E-state index in [4.69, 9.17) is 11.6 Å². The van der Waals surface area contributed by atoms with Crippen molar-refractivity contribution in [2.75, 3.05) is 31.5 Å². The molecule has 1 aliphatic rings. The van der Waals surface area contributed by atoms with E-state index in [1.165, 1.54) is 16.4 Å². The topological polar surface area (TPSA) is 91.4 Å². The maximum Gasteiger partial charge on any atom is 0.243 e. The minimum absolute atomic E-state index is 0.0342. The highest BCUT2D eigenvalue weighted by atomic mass is 35.5. The molecule has 2 N–H and O–H groups in total. The minimum atomic E-state index is -3.76. The number of benzene rings is 2. The van der Waals surface area contributed by atoms with Gasteiger partial charge in [-0.3, -0.25) is 9.78 Å². The normalized spacial score (nSPS) is 16.9. The van der Waals surface area contributed by atoms with Crippen molar-refractivity contribution in [3.63, 3.8) is 0 Å². The number of nitrogens with zero attached hydrogens (tertiary/aromatic N) is 2. The van der Waals surface area contributed by atoms with E-state index in [0.29, 0.717) is 43.9 Å². The molecule has 3 aromatic rings. The van der Waals surface area contributed by atoms with Crippen LogP contribution in [0, 0.1) is 11.7 Å². The summed E-state index contributed by atoms with van der Waals surface area (Å²) in [5.74, 6) is -1.06. The molecular weight excluding hydrogens is 479 g/mol. The van der Waals surface area contributed by atoms with Gasteiger partial charge in [0.05, 0.1) is 16.3 Å². The van der Waals surface area contributed by atoms with Crippen molar-refractivity contribution in [1.29, 1.82) is 0 Å². The molecule has 1 aliphatic heterocycles. The van der Waals surface area contributed by atoms with Crippen LogP contribution >= 0.6 is 11.6 Å². The standard InChI is InChI=1S/C24H26ClFN4O3S/c25-18-4-9-21-22(10-13-28-23(21)15-18)27-11-2-12-29-24(31)17-3-1-14-30(16-17)34(32,33)20-7-5-19(26)6-8-20/h4-10,13,15,17H,1-3,11-12,14,16H2,(H,27,28)(H,29,31). The van der Waals surface area contributed by atoms with Gasteiger partial charge in [-0.1, -0.05) is 11.6 Å². The Bertz CT molecular complexity index is 1270. The predicted octanol–water partition coefficient (Wildman–Crippen LogP) is 4.05. The summed E-state index contributed by atoms with van der Waals surface area (Å²) in [4.78, 5) is 17.0. The monoisotopic (exact) mass is 504 g/mol. The second kappa shape index (κ2) is 10.7. The Balaban J connectivity index is 1.26. The third-order valence-corrected chi connectivity index (χ3v) is 7.99. The Labute approximate surface area is 203 Å². The zero-order chi connectivity index (χ0) is 24.1. The van der Waals surface area contributed by atoms with Crippen molar-refractivity contribution in [2.24, 2.45) is 5.92 Å². The number of amides is 1. The smallest absolute Gasteiger partial charge is 0.243 e. The molecule has 34 heavy (non-hydrogen) atoms. The maximum absolute atomic E-state index is 13.2. The number of aromatic nitrogens is 1. The fourth-order valence-corrected chi connectivity index (χ4v) is 5.76. The lowest BCUT2D eigenvalue weighted by atomic mass is 9.99. The molecule has 1 aromatic heterocycles. The van der Waals surface area contributed by atoms with E-state index in [-0.39, 0.29) is 17.3 Å². The first-order chi connectivity index (χ1) is 16.3. The number of halogens is 2. The Hall–Kier alpha value is -2.75. The number of piperidine rings is 1. The number of rotatable bonds is 8. The van der Waals surface area contributed by atoms with Crippen molar-refractivity contribution < 1.29 is 17.6 Å². The summed E-state index contributed by atoms with van der Waals surface area (Å²) >= 11 is 6.03. The molecule has 2 aromatic carbocycles. The number of fused-ring (bicyclic) bond motifs is 1. The van der Waals surface area contributed by atoms with E-state index in [9.17, 15) is 17.6 Å². The molecule has 7 nitrogen and oxygen atoms in total. The zero-order valence-corrected chi connectivity index (χ0v) is 20.1. The molecule has 0 radical (unpaired) electrons.